The zero-order chi connectivity index (χ0) is 13.7. The summed E-state index contributed by atoms with van der Waals surface area (Å²) in [6.45, 7) is 3.54. The highest BCUT2D eigenvalue weighted by Crippen LogP contribution is 2.21. The number of carbonyl (C=O) groups excluding carboxylic acids is 1. The molecule has 2 N–H and O–H groups in total. The van der Waals surface area contributed by atoms with Gasteiger partial charge in [0.15, 0.2) is 0 Å². The number of rotatable bonds is 5. The number of aliphatic carboxylic acids is 1. The summed E-state index contributed by atoms with van der Waals surface area (Å²) in [6.07, 6.45) is -0.130. The molecule has 0 spiro atoms. The number of carboxylic acid groups (broad SMARTS) is 1. The molecule has 0 saturated heterocycles. The maximum atomic E-state index is 11.7. The third-order valence-corrected chi connectivity index (χ3v) is 2.96. The van der Waals surface area contributed by atoms with Crippen molar-refractivity contribution in [1.82, 2.24) is 5.32 Å². The number of carbonyl (C=O) groups is 2. The summed E-state index contributed by atoms with van der Waals surface area (Å²) in [7, 11) is 0. The van der Waals surface area contributed by atoms with Gasteiger partial charge in [0.25, 0.3) is 0 Å². The Labute approximate surface area is 115 Å². The minimum Gasteiger partial charge on any atom is -0.481 e. The summed E-state index contributed by atoms with van der Waals surface area (Å²) in [5.74, 6) is -1.27. The summed E-state index contributed by atoms with van der Waals surface area (Å²) >= 11 is 3.33. The van der Waals surface area contributed by atoms with Gasteiger partial charge in [-0.1, -0.05) is 41.9 Å². The van der Waals surface area contributed by atoms with Crippen LogP contribution in [0.15, 0.2) is 28.7 Å². The zero-order valence-corrected chi connectivity index (χ0v) is 11.9. The summed E-state index contributed by atoms with van der Waals surface area (Å²) < 4.78 is 0.856. The van der Waals surface area contributed by atoms with Crippen molar-refractivity contribution >= 4 is 27.8 Å². The average molecular weight is 314 g/mol. The van der Waals surface area contributed by atoms with E-state index in [2.05, 4.69) is 21.2 Å². The van der Waals surface area contributed by atoms with Crippen LogP contribution in [0.1, 0.15) is 31.9 Å². The Kier molecular flexibility index (Phi) is 5.34. The first-order chi connectivity index (χ1) is 8.40. The molecule has 5 heteroatoms. The molecule has 0 fully saturated rings. The molecule has 1 atom stereocenters. The van der Waals surface area contributed by atoms with E-state index in [9.17, 15) is 9.59 Å². The monoisotopic (exact) mass is 313 g/mol. The number of nitrogens with one attached hydrogen (secondary N) is 1. The molecule has 0 aliphatic carbocycles. The van der Waals surface area contributed by atoms with Crippen LogP contribution in [0.2, 0.25) is 0 Å². The lowest BCUT2D eigenvalue weighted by Crippen LogP contribution is -2.33. The molecule has 1 aromatic rings. The lowest BCUT2D eigenvalue weighted by atomic mass is 10.0. The first-order valence-corrected chi connectivity index (χ1v) is 6.47. The topological polar surface area (TPSA) is 66.4 Å². The lowest BCUT2D eigenvalue weighted by Gasteiger charge is -2.19. The van der Waals surface area contributed by atoms with Crippen molar-refractivity contribution in [2.45, 2.75) is 26.3 Å². The standard InChI is InChI=1S/C13H16BrNO3/c1-8(2)13(18)15-11(7-12(16)17)9-4-3-5-10(14)6-9/h3-6,8,11H,7H2,1-2H3,(H,15,18)(H,16,17)/t11-/m1/s1. The number of halogens is 1. The molecule has 0 heterocycles. The van der Waals surface area contributed by atoms with Gasteiger partial charge in [-0.25, -0.2) is 0 Å². The summed E-state index contributed by atoms with van der Waals surface area (Å²) in [5.41, 5.74) is 0.778. The molecule has 1 aromatic carbocycles. The second kappa shape index (κ2) is 6.54. The van der Waals surface area contributed by atoms with Crippen LogP contribution in [0.3, 0.4) is 0 Å². The Hall–Kier alpha value is -1.36. The first-order valence-electron chi connectivity index (χ1n) is 5.67. The molecule has 98 valence electrons. The Morgan fingerprint density at radius 1 is 1.39 bits per heavy atom. The molecule has 0 unspecified atom stereocenters. The number of amides is 1. The second-order valence-corrected chi connectivity index (χ2v) is 5.28. The SMILES string of the molecule is CC(C)C(=O)N[C@H](CC(=O)O)c1cccc(Br)c1. The van der Waals surface area contributed by atoms with E-state index in [0.29, 0.717) is 0 Å². The number of hydrogen-bond acceptors (Lipinski definition) is 2. The van der Waals surface area contributed by atoms with Crippen molar-refractivity contribution < 1.29 is 14.7 Å². The molecule has 0 aromatic heterocycles. The van der Waals surface area contributed by atoms with Crippen LogP contribution in [0.4, 0.5) is 0 Å². The summed E-state index contributed by atoms with van der Waals surface area (Å²) in [4.78, 5) is 22.5. The molecule has 1 amide bonds. The molecule has 0 aliphatic rings. The summed E-state index contributed by atoms with van der Waals surface area (Å²) in [6, 6.07) is 6.78. The summed E-state index contributed by atoms with van der Waals surface area (Å²) in [5, 5.41) is 11.7. The second-order valence-electron chi connectivity index (χ2n) is 4.37. The van der Waals surface area contributed by atoms with E-state index < -0.39 is 12.0 Å². The maximum absolute atomic E-state index is 11.7. The largest absolute Gasteiger partial charge is 0.481 e. The van der Waals surface area contributed by atoms with Crippen LogP contribution in [0.25, 0.3) is 0 Å². The van der Waals surface area contributed by atoms with Gasteiger partial charge in [0, 0.05) is 10.4 Å². The molecule has 18 heavy (non-hydrogen) atoms. The van der Waals surface area contributed by atoms with Gasteiger partial charge in [-0.2, -0.15) is 0 Å². The molecule has 0 aliphatic heterocycles. The van der Waals surface area contributed by atoms with Crippen LogP contribution in [0.5, 0.6) is 0 Å². The Morgan fingerprint density at radius 3 is 2.56 bits per heavy atom. The molecule has 0 bridgehead atoms. The number of hydrogen-bond donors (Lipinski definition) is 2. The van der Waals surface area contributed by atoms with E-state index in [1.165, 1.54) is 0 Å². The van der Waals surface area contributed by atoms with E-state index in [-0.39, 0.29) is 18.2 Å². The first kappa shape index (κ1) is 14.7. The fraction of sp³-hybridized carbons (Fsp3) is 0.385. The molecular formula is C13H16BrNO3. The van der Waals surface area contributed by atoms with Gasteiger partial charge in [0.2, 0.25) is 5.91 Å². The number of benzene rings is 1. The number of carboxylic acids is 1. The highest BCUT2D eigenvalue weighted by molar-refractivity contribution is 9.10. The van der Waals surface area contributed by atoms with Crippen molar-refractivity contribution in [2.75, 3.05) is 0 Å². The predicted molar refractivity (Wildman–Crippen MR) is 72.1 cm³/mol. The van der Waals surface area contributed by atoms with Gasteiger partial charge >= 0.3 is 5.97 Å². The van der Waals surface area contributed by atoms with Crippen molar-refractivity contribution in [3.63, 3.8) is 0 Å². The third kappa shape index (κ3) is 4.49. The van der Waals surface area contributed by atoms with Gasteiger partial charge in [0.1, 0.15) is 0 Å². The van der Waals surface area contributed by atoms with Crippen LogP contribution in [0, 0.1) is 5.92 Å². The van der Waals surface area contributed by atoms with Gasteiger partial charge in [-0.3, -0.25) is 9.59 Å². The highest BCUT2D eigenvalue weighted by Gasteiger charge is 2.19. The smallest absolute Gasteiger partial charge is 0.305 e. The van der Waals surface area contributed by atoms with Gasteiger partial charge < -0.3 is 10.4 Å². The van der Waals surface area contributed by atoms with E-state index in [1.54, 1.807) is 19.9 Å². The Bertz CT molecular complexity index is 446. The maximum Gasteiger partial charge on any atom is 0.305 e. The van der Waals surface area contributed by atoms with Crippen molar-refractivity contribution in [3.8, 4) is 0 Å². The Balaban J connectivity index is 2.91. The normalized spacial score (nSPS) is 12.2. The van der Waals surface area contributed by atoms with Crippen LogP contribution >= 0.6 is 15.9 Å². The fourth-order valence-electron chi connectivity index (χ4n) is 1.49. The predicted octanol–water partition coefficient (Wildman–Crippen LogP) is 2.74. The Morgan fingerprint density at radius 2 is 2.06 bits per heavy atom. The molecular weight excluding hydrogens is 298 g/mol. The molecule has 0 saturated carbocycles. The van der Waals surface area contributed by atoms with E-state index >= 15 is 0 Å². The van der Waals surface area contributed by atoms with E-state index in [1.807, 2.05) is 18.2 Å². The molecule has 1 rings (SSSR count). The van der Waals surface area contributed by atoms with E-state index in [0.717, 1.165) is 10.0 Å². The van der Waals surface area contributed by atoms with Crippen molar-refractivity contribution in [2.24, 2.45) is 5.92 Å². The molecule has 0 radical (unpaired) electrons. The van der Waals surface area contributed by atoms with Crippen LogP contribution in [-0.4, -0.2) is 17.0 Å². The zero-order valence-electron chi connectivity index (χ0n) is 10.3. The fourth-order valence-corrected chi connectivity index (χ4v) is 1.91. The quantitative estimate of drug-likeness (QED) is 0.878. The van der Waals surface area contributed by atoms with Crippen LogP contribution in [-0.2, 0) is 9.59 Å². The van der Waals surface area contributed by atoms with Gasteiger partial charge in [-0.05, 0) is 17.7 Å². The minimum atomic E-state index is -0.941. The highest BCUT2D eigenvalue weighted by atomic mass is 79.9. The third-order valence-electron chi connectivity index (χ3n) is 2.47. The van der Waals surface area contributed by atoms with Crippen molar-refractivity contribution in [3.05, 3.63) is 34.3 Å². The average Bonchev–Trinajstić information content (AvgIpc) is 2.27. The van der Waals surface area contributed by atoms with Gasteiger partial charge in [0.05, 0.1) is 12.5 Å². The van der Waals surface area contributed by atoms with Crippen LogP contribution < -0.4 is 5.32 Å². The molecule has 4 nitrogen and oxygen atoms in total. The van der Waals surface area contributed by atoms with Crippen molar-refractivity contribution in [1.29, 1.82) is 0 Å². The van der Waals surface area contributed by atoms with E-state index in [4.69, 9.17) is 5.11 Å². The minimum absolute atomic E-state index is 0.130. The lowest BCUT2D eigenvalue weighted by molar-refractivity contribution is -0.137. The van der Waals surface area contributed by atoms with Gasteiger partial charge in [-0.15, -0.1) is 0 Å².